The van der Waals surface area contributed by atoms with Crippen LogP contribution in [0.3, 0.4) is 0 Å². The van der Waals surface area contributed by atoms with Crippen molar-refractivity contribution in [3.8, 4) is 0 Å². The van der Waals surface area contributed by atoms with Crippen LogP contribution in [0.25, 0.3) is 11.0 Å². The molecule has 2 aromatic carbocycles. The highest BCUT2D eigenvalue weighted by Gasteiger charge is 2.34. The third-order valence-corrected chi connectivity index (χ3v) is 4.27. The molecular weight excluding hydrogens is 292 g/mol. The van der Waals surface area contributed by atoms with Crippen molar-refractivity contribution < 1.29 is 14.2 Å². The summed E-state index contributed by atoms with van der Waals surface area (Å²) in [5.74, 6) is -0.00296. The highest BCUT2D eigenvalue weighted by atomic mass is 16.1. The van der Waals surface area contributed by atoms with E-state index in [-0.39, 0.29) is 5.78 Å². The minimum Gasteiger partial charge on any atom is -0.292 e. The number of hydrogen-bond donors (Lipinski definition) is 0. The minimum atomic E-state index is -0.391. The number of carbonyl (C=O) groups is 1. The van der Waals surface area contributed by atoms with Crippen molar-refractivity contribution in [1.82, 2.24) is 15.0 Å². The molecule has 6 nitrogen and oxygen atoms in total. The van der Waals surface area contributed by atoms with Gasteiger partial charge in [0, 0.05) is 24.1 Å². The molecule has 112 valence electrons. The van der Waals surface area contributed by atoms with E-state index in [0.29, 0.717) is 17.7 Å². The maximum absolute atomic E-state index is 12.8. The van der Waals surface area contributed by atoms with Crippen LogP contribution < -0.4 is 0 Å². The average Bonchev–Trinajstić information content (AvgIpc) is 3.15. The molecule has 0 radical (unpaired) electrons. The van der Waals surface area contributed by atoms with Crippen molar-refractivity contribution in [3.05, 3.63) is 53.6 Å². The van der Waals surface area contributed by atoms with Crippen LogP contribution in [0, 0.1) is 0 Å². The normalized spacial score (nSPS) is 16.4. The average molecular weight is 305 g/mol. The van der Waals surface area contributed by atoms with Gasteiger partial charge in [0.1, 0.15) is 11.6 Å². The fourth-order valence-electron chi connectivity index (χ4n) is 3.03. The van der Waals surface area contributed by atoms with Crippen molar-refractivity contribution >= 4 is 28.6 Å². The van der Waals surface area contributed by atoms with Gasteiger partial charge in [-0.15, -0.1) is 9.67 Å². The van der Waals surface area contributed by atoms with E-state index in [1.165, 1.54) is 4.58 Å². The SMILES string of the molecule is C[N+](=C=O)c1ccc2c(c1)C(=O)C(n1nnc3ccccc31)C2. The van der Waals surface area contributed by atoms with E-state index in [9.17, 15) is 9.59 Å². The number of aromatic nitrogens is 3. The Labute approximate surface area is 131 Å². The number of rotatable bonds is 2. The van der Waals surface area contributed by atoms with Gasteiger partial charge in [0.25, 0.3) is 0 Å². The van der Waals surface area contributed by atoms with E-state index < -0.39 is 6.04 Å². The molecule has 0 aliphatic heterocycles. The van der Waals surface area contributed by atoms with Crippen LogP contribution in [-0.2, 0) is 11.2 Å². The van der Waals surface area contributed by atoms with Crippen molar-refractivity contribution in [2.45, 2.75) is 12.5 Å². The fourth-order valence-corrected chi connectivity index (χ4v) is 3.03. The van der Waals surface area contributed by atoms with Gasteiger partial charge in [-0.05, 0) is 17.7 Å². The fraction of sp³-hybridized carbons (Fsp3) is 0.176. The van der Waals surface area contributed by atoms with Gasteiger partial charge in [0.2, 0.25) is 5.69 Å². The number of nitrogens with zero attached hydrogens (tertiary/aromatic N) is 4. The molecule has 0 fully saturated rings. The lowest BCUT2D eigenvalue weighted by molar-refractivity contribution is -0.401. The molecule has 1 unspecified atom stereocenters. The van der Waals surface area contributed by atoms with Crippen LogP contribution >= 0.6 is 0 Å². The summed E-state index contributed by atoms with van der Waals surface area (Å²) in [5, 5.41) is 8.28. The number of para-hydroxylation sites is 1. The Morgan fingerprint density at radius 1 is 1.26 bits per heavy atom. The molecule has 0 saturated heterocycles. The highest BCUT2D eigenvalue weighted by molar-refractivity contribution is 6.04. The number of benzene rings is 2. The number of isocyanates is 1. The van der Waals surface area contributed by atoms with E-state index in [0.717, 1.165) is 16.6 Å². The summed E-state index contributed by atoms with van der Waals surface area (Å²) in [7, 11) is 1.61. The summed E-state index contributed by atoms with van der Waals surface area (Å²) in [6, 6.07) is 12.6. The van der Waals surface area contributed by atoms with Crippen molar-refractivity contribution in [1.29, 1.82) is 0 Å². The predicted octanol–water partition coefficient (Wildman–Crippen LogP) is 2.02. The Hall–Kier alpha value is -3.11. The zero-order valence-electron chi connectivity index (χ0n) is 12.4. The molecule has 23 heavy (non-hydrogen) atoms. The van der Waals surface area contributed by atoms with Gasteiger partial charge in [-0.2, -0.15) is 4.79 Å². The van der Waals surface area contributed by atoms with Crippen LogP contribution in [0.2, 0.25) is 0 Å². The van der Waals surface area contributed by atoms with Gasteiger partial charge in [-0.1, -0.05) is 23.4 Å². The highest BCUT2D eigenvalue weighted by Crippen LogP contribution is 2.33. The first-order valence-corrected chi connectivity index (χ1v) is 7.27. The van der Waals surface area contributed by atoms with E-state index in [1.54, 1.807) is 23.9 Å². The second kappa shape index (κ2) is 4.97. The Bertz CT molecular complexity index is 999. The molecule has 4 rings (SSSR count). The molecule has 1 atom stereocenters. The molecule has 3 aromatic rings. The van der Waals surface area contributed by atoms with Gasteiger partial charge < -0.3 is 0 Å². The van der Waals surface area contributed by atoms with Gasteiger partial charge in [0.15, 0.2) is 12.8 Å². The second-order valence-corrected chi connectivity index (χ2v) is 5.60. The monoisotopic (exact) mass is 305 g/mol. The topological polar surface area (TPSA) is 67.9 Å². The number of fused-ring (bicyclic) bond motifs is 2. The largest absolute Gasteiger partial charge is 0.430 e. The zero-order valence-corrected chi connectivity index (χ0v) is 12.4. The van der Waals surface area contributed by atoms with Crippen molar-refractivity contribution in [2.24, 2.45) is 0 Å². The van der Waals surface area contributed by atoms with Crippen LogP contribution in [0.4, 0.5) is 5.69 Å². The Morgan fingerprint density at radius 3 is 2.91 bits per heavy atom. The number of hydrogen-bond acceptors (Lipinski definition) is 4. The summed E-state index contributed by atoms with van der Waals surface area (Å²) >= 11 is 0. The molecule has 1 aromatic heterocycles. The van der Waals surface area contributed by atoms with Crippen LogP contribution in [0.15, 0.2) is 42.5 Å². The molecule has 1 aliphatic carbocycles. The molecule has 0 amide bonds. The minimum absolute atomic E-state index is 0.00296. The summed E-state index contributed by atoms with van der Waals surface area (Å²) in [4.78, 5) is 23.6. The molecule has 1 aliphatic rings. The van der Waals surface area contributed by atoms with Gasteiger partial charge in [0.05, 0.1) is 5.52 Å². The van der Waals surface area contributed by atoms with Crippen LogP contribution in [0.5, 0.6) is 0 Å². The lowest BCUT2D eigenvalue weighted by Gasteiger charge is -2.08. The molecule has 0 N–H and O–H groups in total. The first-order chi connectivity index (χ1) is 11.2. The summed E-state index contributed by atoms with van der Waals surface area (Å²) in [6.45, 7) is 0. The first-order valence-electron chi connectivity index (χ1n) is 7.27. The molecular formula is C17H13N4O2+. The standard InChI is InChI=1S/C17H13N4O2/c1-20(10-22)12-7-6-11-8-16(17(23)13(11)9-12)21-15-5-3-2-4-14(15)18-19-21/h2-7,9,16H,8H2,1H3/q+1. The van der Waals surface area contributed by atoms with E-state index in [4.69, 9.17) is 0 Å². The Balaban J connectivity index is 1.79. The van der Waals surface area contributed by atoms with E-state index in [1.807, 2.05) is 36.4 Å². The maximum Gasteiger partial charge on any atom is 0.430 e. The molecule has 0 saturated carbocycles. The van der Waals surface area contributed by atoms with Crippen molar-refractivity contribution in [2.75, 3.05) is 7.05 Å². The molecule has 6 heteroatoms. The quantitative estimate of drug-likeness (QED) is 0.413. The summed E-state index contributed by atoms with van der Waals surface area (Å²) < 4.78 is 3.01. The first kappa shape index (κ1) is 13.5. The summed E-state index contributed by atoms with van der Waals surface area (Å²) in [6.07, 6.45) is 2.37. The Kier molecular flexibility index (Phi) is 2.93. The summed E-state index contributed by atoms with van der Waals surface area (Å²) in [5.41, 5.74) is 3.86. The van der Waals surface area contributed by atoms with Gasteiger partial charge in [-0.3, -0.25) is 4.79 Å². The number of carbonyl (C=O) groups excluding carboxylic acids is 2. The zero-order chi connectivity index (χ0) is 16.0. The third-order valence-electron chi connectivity index (χ3n) is 4.27. The molecule has 1 heterocycles. The lowest BCUT2D eigenvalue weighted by atomic mass is 10.1. The van der Waals surface area contributed by atoms with Crippen LogP contribution in [0.1, 0.15) is 22.0 Å². The number of Topliss-reactive ketones (excluding diaryl/α,β-unsaturated/α-hetero) is 1. The van der Waals surface area contributed by atoms with Crippen LogP contribution in [-0.4, -0.2) is 38.5 Å². The smallest absolute Gasteiger partial charge is 0.292 e. The predicted molar refractivity (Wildman–Crippen MR) is 82.6 cm³/mol. The Morgan fingerprint density at radius 2 is 2.09 bits per heavy atom. The lowest BCUT2D eigenvalue weighted by Crippen LogP contribution is -2.17. The second-order valence-electron chi connectivity index (χ2n) is 5.60. The van der Waals surface area contributed by atoms with Gasteiger partial charge >= 0.3 is 6.08 Å². The maximum atomic E-state index is 12.8. The molecule has 0 bridgehead atoms. The van der Waals surface area contributed by atoms with Gasteiger partial charge in [-0.25, -0.2) is 4.68 Å². The van der Waals surface area contributed by atoms with E-state index >= 15 is 0 Å². The van der Waals surface area contributed by atoms with E-state index in [2.05, 4.69) is 10.3 Å². The third kappa shape index (κ3) is 2.00. The molecule has 0 spiro atoms. The van der Waals surface area contributed by atoms with Crippen molar-refractivity contribution in [3.63, 3.8) is 0 Å². The number of ketones is 1.